The molecule has 0 aromatic carbocycles. The van der Waals surface area contributed by atoms with Gasteiger partial charge in [0.1, 0.15) is 0 Å². The van der Waals surface area contributed by atoms with Gasteiger partial charge in [0.2, 0.25) is 0 Å². The Bertz CT molecular complexity index is 131. The van der Waals surface area contributed by atoms with E-state index in [0.29, 0.717) is 10.7 Å². The molecule has 0 amide bonds. The predicted octanol–water partition coefficient (Wildman–Crippen LogP) is -0.988. The minimum absolute atomic E-state index is 0.243. The van der Waals surface area contributed by atoms with E-state index >= 15 is 0 Å². The predicted molar refractivity (Wildman–Crippen MR) is 58.2 cm³/mol. The van der Waals surface area contributed by atoms with Crippen LogP contribution in [0.15, 0.2) is 0 Å². The van der Waals surface area contributed by atoms with Gasteiger partial charge in [0.15, 0.2) is 0 Å². The standard InChI is InChI=1S/C9H22IN2S/c1-5-10-12-7-9(3,4)6-8(2)13-11/h8,12H,5-7,11H2,1-4H3/q-1. The van der Waals surface area contributed by atoms with Crippen LogP contribution in [0.5, 0.6) is 0 Å². The van der Waals surface area contributed by atoms with Crippen molar-refractivity contribution >= 4 is 11.9 Å². The Hall–Kier alpha value is 1.00. The molecule has 0 radical (unpaired) electrons. The van der Waals surface area contributed by atoms with Crippen LogP contribution in [0.2, 0.25) is 0 Å². The first-order valence-electron chi connectivity index (χ1n) is 4.68. The maximum atomic E-state index is 5.54. The third-order valence-corrected chi connectivity index (χ3v) is 4.16. The van der Waals surface area contributed by atoms with Gasteiger partial charge in [-0.3, -0.25) is 0 Å². The van der Waals surface area contributed by atoms with Crippen molar-refractivity contribution in [3.05, 3.63) is 0 Å². The maximum absolute atomic E-state index is 5.54. The first kappa shape index (κ1) is 14.0. The topological polar surface area (TPSA) is 38.0 Å². The van der Waals surface area contributed by atoms with Crippen molar-refractivity contribution in [2.24, 2.45) is 10.6 Å². The zero-order chi connectivity index (χ0) is 10.3. The minimum atomic E-state index is 0.243. The van der Waals surface area contributed by atoms with E-state index < -0.39 is 0 Å². The van der Waals surface area contributed by atoms with Crippen molar-refractivity contribution in [3.63, 3.8) is 0 Å². The van der Waals surface area contributed by atoms with E-state index in [-0.39, 0.29) is 21.5 Å². The summed E-state index contributed by atoms with van der Waals surface area (Å²) in [7, 11) is 0. The second-order valence-corrected chi connectivity index (χ2v) is 8.15. The molecule has 13 heavy (non-hydrogen) atoms. The van der Waals surface area contributed by atoms with E-state index in [4.69, 9.17) is 5.14 Å². The van der Waals surface area contributed by atoms with Crippen LogP contribution >= 0.6 is 11.9 Å². The normalized spacial score (nSPS) is 14.8. The molecule has 4 heteroatoms. The number of alkyl halides is 1. The van der Waals surface area contributed by atoms with Crippen molar-refractivity contribution in [2.45, 2.75) is 39.4 Å². The molecule has 1 atom stereocenters. The van der Waals surface area contributed by atoms with Crippen LogP contribution < -0.4 is 30.1 Å². The van der Waals surface area contributed by atoms with E-state index in [9.17, 15) is 0 Å². The van der Waals surface area contributed by atoms with Crippen LogP contribution in [-0.2, 0) is 0 Å². The molecule has 0 aliphatic heterocycles. The monoisotopic (exact) mass is 317 g/mol. The third kappa shape index (κ3) is 8.03. The van der Waals surface area contributed by atoms with Crippen molar-refractivity contribution in [2.75, 3.05) is 11.0 Å². The van der Waals surface area contributed by atoms with E-state index in [2.05, 4.69) is 31.2 Å². The Kier molecular flexibility index (Phi) is 7.88. The average molecular weight is 317 g/mol. The summed E-state index contributed by atoms with van der Waals surface area (Å²) in [6, 6.07) is 0. The fourth-order valence-corrected chi connectivity index (χ4v) is 3.61. The van der Waals surface area contributed by atoms with Gasteiger partial charge >= 0.3 is 97.8 Å². The summed E-state index contributed by atoms with van der Waals surface area (Å²) in [6.45, 7) is 10.2. The fourth-order valence-electron chi connectivity index (χ4n) is 1.22. The van der Waals surface area contributed by atoms with Crippen LogP contribution in [0, 0.1) is 5.41 Å². The quantitative estimate of drug-likeness (QED) is 0.208. The van der Waals surface area contributed by atoms with Gasteiger partial charge in [0, 0.05) is 0 Å². The molecule has 0 aromatic rings. The Labute approximate surface area is 97.5 Å². The van der Waals surface area contributed by atoms with Gasteiger partial charge in [-0.25, -0.2) is 0 Å². The van der Waals surface area contributed by atoms with E-state index in [1.807, 2.05) is 0 Å². The van der Waals surface area contributed by atoms with E-state index in [0.717, 1.165) is 6.54 Å². The van der Waals surface area contributed by atoms with Gasteiger partial charge in [-0.15, -0.1) is 0 Å². The summed E-state index contributed by atoms with van der Waals surface area (Å²) in [4.78, 5) is 0. The fraction of sp³-hybridized carbons (Fsp3) is 1.00. The third-order valence-electron chi connectivity index (χ3n) is 1.85. The van der Waals surface area contributed by atoms with Crippen LogP contribution in [-0.4, -0.2) is 16.2 Å². The summed E-state index contributed by atoms with van der Waals surface area (Å²) in [6.07, 6.45) is 1.19. The average Bonchev–Trinajstić information content (AvgIpc) is 2.03. The Morgan fingerprint density at radius 3 is 2.62 bits per heavy atom. The van der Waals surface area contributed by atoms with Crippen LogP contribution in [0.1, 0.15) is 34.1 Å². The molecule has 0 rings (SSSR count). The molecule has 0 aliphatic carbocycles. The van der Waals surface area contributed by atoms with Gasteiger partial charge in [-0.2, -0.15) is 0 Å². The Balaban J connectivity index is 3.65. The molecule has 82 valence electrons. The van der Waals surface area contributed by atoms with Gasteiger partial charge in [-0.05, 0) is 0 Å². The Morgan fingerprint density at radius 2 is 2.15 bits per heavy atom. The van der Waals surface area contributed by atoms with E-state index in [1.165, 1.54) is 22.8 Å². The molecule has 1 unspecified atom stereocenters. The number of hydrogen-bond acceptors (Lipinski definition) is 3. The first-order valence-corrected chi connectivity index (χ1v) is 8.23. The molecule has 2 nitrogen and oxygen atoms in total. The molecule has 0 heterocycles. The van der Waals surface area contributed by atoms with Crippen molar-refractivity contribution in [3.8, 4) is 0 Å². The van der Waals surface area contributed by atoms with Crippen molar-refractivity contribution < 1.29 is 21.5 Å². The second-order valence-electron chi connectivity index (χ2n) is 4.03. The van der Waals surface area contributed by atoms with Gasteiger partial charge in [-0.1, -0.05) is 0 Å². The van der Waals surface area contributed by atoms with Gasteiger partial charge in [0.25, 0.3) is 0 Å². The molecule has 0 aliphatic rings. The number of hydrogen-bond donors (Lipinski definition) is 2. The molecule has 0 bridgehead atoms. The van der Waals surface area contributed by atoms with Crippen molar-refractivity contribution in [1.29, 1.82) is 0 Å². The van der Waals surface area contributed by atoms with Gasteiger partial charge in [0.05, 0.1) is 0 Å². The number of halogens is 1. The summed E-state index contributed by atoms with van der Waals surface area (Å²) < 4.78 is 4.88. The Morgan fingerprint density at radius 1 is 1.54 bits per heavy atom. The summed E-state index contributed by atoms with van der Waals surface area (Å²) in [5.41, 5.74) is 0.390. The van der Waals surface area contributed by atoms with E-state index in [1.54, 1.807) is 0 Å². The van der Waals surface area contributed by atoms with Crippen LogP contribution in [0.4, 0.5) is 0 Å². The molecule has 0 aromatic heterocycles. The molecule has 0 saturated heterocycles. The van der Waals surface area contributed by atoms with Crippen molar-refractivity contribution in [1.82, 2.24) is 3.53 Å². The molecule has 0 spiro atoms. The number of nitrogens with one attached hydrogen (secondary N) is 1. The molecule has 0 fully saturated rings. The molecule has 3 N–H and O–H groups in total. The zero-order valence-corrected chi connectivity index (χ0v) is 12.0. The first-order chi connectivity index (χ1) is 6.02. The summed E-state index contributed by atoms with van der Waals surface area (Å²) >= 11 is 1.72. The molecule has 0 saturated carbocycles. The molecular formula is C9H22IN2S-. The number of rotatable bonds is 7. The molecular weight excluding hydrogens is 295 g/mol. The summed E-state index contributed by atoms with van der Waals surface area (Å²) in [5.74, 6) is 0. The number of nitrogens with two attached hydrogens (primary N) is 1. The zero-order valence-electron chi connectivity index (χ0n) is 9.06. The van der Waals surface area contributed by atoms with Crippen LogP contribution in [0.25, 0.3) is 0 Å². The summed E-state index contributed by atoms with van der Waals surface area (Å²) in [5, 5.41) is 6.10. The van der Waals surface area contributed by atoms with Crippen LogP contribution in [0.3, 0.4) is 0 Å². The second kappa shape index (κ2) is 7.31. The SMILES string of the molecule is CC[I-]NCC(C)(C)CC(C)SN. The van der Waals surface area contributed by atoms with Gasteiger partial charge < -0.3 is 0 Å².